The van der Waals surface area contributed by atoms with E-state index in [-0.39, 0.29) is 11.2 Å². The van der Waals surface area contributed by atoms with Gasteiger partial charge < -0.3 is 15.2 Å². The fourth-order valence-corrected chi connectivity index (χ4v) is 5.67. The van der Waals surface area contributed by atoms with E-state index >= 15 is 0 Å². The van der Waals surface area contributed by atoms with Crippen LogP contribution in [0.3, 0.4) is 0 Å². The zero-order valence-corrected chi connectivity index (χ0v) is 17.6. The van der Waals surface area contributed by atoms with Gasteiger partial charge in [-0.15, -0.1) is 0 Å². The third kappa shape index (κ3) is 3.93. The van der Waals surface area contributed by atoms with Crippen molar-refractivity contribution in [3.05, 3.63) is 29.6 Å². The standard InChI is InChI=1S/C20H27N5O3S/c1-3-17(21)16-7-4-14(12-18(16)22-2)20-23-19(24-28-20)13-8-10-25(11-9-13)29(26,27)15-5-6-15/h4,7,12-13,15,21-22H,3,5-6,8-11H2,1-2H3. The second-order valence-corrected chi connectivity index (χ2v) is 9.93. The Morgan fingerprint density at radius 2 is 2.00 bits per heavy atom. The number of nitrogens with one attached hydrogen (secondary N) is 2. The summed E-state index contributed by atoms with van der Waals surface area (Å²) in [6, 6.07) is 5.71. The average Bonchev–Trinajstić information content (AvgIpc) is 3.51. The van der Waals surface area contributed by atoms with Crippen LogP contribution >= 0.6 is 0 Å². The predicted molar refractivity (Wildman–Crippen MR) is 112 cm³/mol. The lowest BCUT2D eigenvalue weighted by Crippen LogP contribution is -2.39. The molecule has 2 N–H and O–H groups in total. The molecule has 0 radical (unpaired) electrons. The molecular weight excluding hydrogens is 390 g/mol. The van der Waals surface area contributed by atoms with Crippen LogP contribution in [-0.2, 0) is 10.0 Å². The molecule has 2 aromatic rings. The van der Waals surface area contributed by atoms with Gasteiger partial charge in [-0.1, -0.05) is 18.1 Å². The molecule has 1 saturated carbocycles. The first-order valence-electron chi connectivity index (χ1n) is 10.2. The summed E-state index contributed by atoms with van der Waals surface area (Å²) < 4.78 is 31.9. The number of hydrogen-bond acceptors (Lipinski definition) is 7. The van der Waals surface area contributed by atoms with Crippen molar-refractivity contribution in [2.75, 3.05) is 25.5 Å². The van der Waals surface area contributed by atoms with Crippen molar-refractivity contribution in [2.24, 2.45) is 0 Å². The van der Waals surface area contributed by atoms with Crippen molar-refractivity contribution in [1.29, 1.82) is 5.41 Å². The minimum absolute atomic E-state index is 0.106. The van der Waals surface area contributed by atoms with Crippen molar-refractivity contribution in [2.45, 2.75) is 50.2 Å². The molecule has 1 aromatic heterocycles. The van der Waals surface area contributed by atoms with Gasteiger partial charge in [0, 0.05) is 48.6 Å². The fourth-order valence-electron chi connectivity index (χ4n) is 3.80. The molecule has 1 aliphatic carbocycles. The summed E-state index contributed by atoms with van der Waals surface area (Å²) in [5.41, 5.74) is 3.09. The topological polar surface area (TPSA) is 112 Å². The van der Waals surface area contributed by atoms with E-state index < -0.39 is 10.0 Å². The molecule has 2 heterocycles. The van der Waals surface area contributed by atoms with E-state index in [0.29, 0.717) is 49.8 Å². The van der Waals surface area contributed by atoms with Crippen LogP contribution in [0.4, 0.5) is 5.69 Å². The monoisotopic (exact) mass is 417 g/mol. The summed E-state index contributed by atoms with van der Waals surface area (Å²) in [5, 5.41) is 15.2. The van der Waals surface area contributed by atoms with Crippen LogP contribution < -0.4 is 5.32 Å². The normalized spacial score (nSPS) is 18.7. The van der Waals surface area contributed by atoms with Gasteiger partial charge in [0.2, 0.25) is 10.0 Å². The maximum Gasteiger partial charge on any atom is 0.258 e. The Morgan fingerprint density at radius 1 is 1.28 bits per heavy atom. The quantitative estimate of drug-likeness (QED) is 0.669. The molecule has 156 valence electrons. The zero-order chi connectivity index (χ0) is 20.6. The molecule has 4 rings (SSSR count). The molecule has 0 unspecified atom stereocenters. The average molecular weight is 418 g/mol. The van der Waals surface area contributed by atoms with Crippen LogP contribution in [0.5, 0.6) is 0 Å². The molecular formula is C20H27N5O3S. The van der Waals surface area contributed by atoms with E-state index in [2.05, 4.69) is 15.5 Å². The highest BCUT2D eigenvalue weighted by molar-refractivity contribution is 7.90. The van der Waals surface area contributed by atoms with E-state index in [1.54, 1.807) is 4.31 Å². The third-order valence-corrected chi connectivity index (χ3v) is 8.18. The highest BCUT2D eigenvalue weighted by Gasteiger charge is 2.41. The number of anilines is 1. The molecule has 0 atom stereocenters. The minimum Gasteiger partial charge on any atom is -0.388 e. The molecule has 8 nitrogen and oxygen atoms in total. The van der Waals surface area contributed by atoms with Crippen LogP contribution in [0.15, 0.2) is 22.7 Å². The number of sulfonamides is 1. The van der Waals surface area contributed by atoms with Crippen molar-refractivity contribution in [1.82, 2.24) is 14.4 Å². The molecule has 29 heavy (non-hydrogen) atoms. The first-order valence-corrected chi connectivity index (χ1v) is 11.7. The molecule has 9 heteroatoms. The van der Waals surface area contributed by atoms with E-state index in [9.17, 15) is 8.42 Å². The summed E-state index contributed by atoms with van der Waals surface area (Å²) in [5.74, 6) is 1.19. The molecule has 0 spiro atoms. The lowest BCUT2D eigenvalue weighted by atomic mass is 9.97. The molecule has 2 aliphatic rings. The van der Waals surface area contributed by atoms with Gasteiger partial charge in [0.1, 0.15) is 0 Å². The van der Waals surface area contributed by atoms with E-state index in [0.717, 1.165) is 29.7 Å². The third-order valence-electron chi connectivity index (χ3n) is 5.78. The Labute approximate surface area is 171 Å². The second-order valence-electron chi connectivity index (χ2n) is 7.72. The Balaban J connectivity index is 1.47. The number of benzene rings is 1. The zero-order valence-electron chi connectivity index (χ0n) is 16.8. The largest absolute Gasteiger partial charge is 0.388 e. The van der Waals surface area contributed by atoms with Gasteiger partial charge in [-0.2, -0.15) is 4.98 Å². The Morgan fingerprint density at radius 3 is 2.62 bits per heavy atom. The predicted octanol–water partition coefficient (Wildman–Crippen LogP) is 3.23. The van der Waals surface area contributed by atoms with Crippen molar-refractivity contribution in [3.63, 3.8) is 0 Å². The van der Waals surface area contributed by atoms with Gasteiger partial charge in [-0.25, -0.2) is 12.7 Å². The number of nitrogens with zero attached hydrogens (tertiary/aromatic N) is 3. The van der Waals surface area contributed by atoms with Gasteiger partial charge in [0.05, 0.1) is 5.25 Å². The highest BCUT2D eigenvalue weighted by Crippen LogP contribution is 2.35. The summed E-state index contributed by atoms with van der Waals surface area (Å²) in [6.45, 7) is 3.00. The van der Waals surface area contributed by atoms with Crippen LogP contribution in [0.1, 0.15) is 56.3 Å². The van der Waals surface area contributed by atoms with Gasteiger partial charge >= 0.3 is 0 Å². The molecule has 1 aromatic carbocycles. The molecule has 0 bridgehead atoms. The molecule has 2 fully saturated rings. The maximum absolute atomic E-state index is 12.4. The fraction of sp³-hybridized carbons (Fsp3) is 0.550. The number of piperidine rings is 1. The number of rotatable bonds is 7. The first-order chi connectivity index (χ1) is 13.9. The van der Waals surface area contributed by atoms with Crippen LogP contribution in [0.25, 0.3) is 11.5 Å². The number of hydrogen-bond donors (Lipinski definition) is 2. The Kier molecular flexibility index (Phi) is 5.44. The highest BCUT2D eigenvalue weighted by atomic mass is 32.2. The van der Waals surface area contributed by atoms with E-state index in [1.807, 2.05) is 32.2 Å². The molecule has 0 amide bonds. The lowest BCUT2D eigenvalue weighted by molar-refractivity contribution is 0.306. The van der Waals surface area contributed by atoms with E-state index in [4.69, 9.17) is 9.93 Å². The summed E-state index contributed by atoms with van der Waals surface area (Å²) >= 11 is 0. The van der Waals surface area contributed by atoms with Crippen molar-refractivity contribution in [3.8, 4) is 11.5 Å². The summed E-state index contributed by atoms with van der Waals surface area (Å²) in [4.78, 5) is 4.58. The first kappa shape index (κ1) is 20.0. The van der Waals surface area contributed by atoms with E-state index in [1.165, 1.54) is 0 Å². The SMILES string of the molecule is CCC(=N)c1ccc(-c2nc(C3CCN(S(=O)(=O)C4CC4)CC3)no2)cc1NC. The smallest absolute Gasteiger partial charge is 0.258 e. The lowest BCUT2D eigenvalue weighted by Gasteiger charge is -2.29. The Hall–Kier alpha value is -2.26. The number of aromatic nitrogens is 2. The van der Waals surface area contributed by atoms with Crippen LogP contribution in [0.2, 0.25) is 0 Å². The van der Waals surface area contributed by atoms with Gasteiger partial charge in [0.15, 0.2) is 5.82 Å². The van der Waals surface area contributed by atoms with Crippen molar-refractivity contribution >= 4 is 21.4 Å². The van der Waals surface area contributed by atoms with Crippen LogP contribution in [-0.4, -0.2) is 54.0 Å². The van der Waals surface area contributed by atoms with Gasteiger partial charge in [0.25, 0.3) is 5.89 Å². The maximum atomic E-state index is 12.4. The molecule has 1 aliphatic heterocycles. The second kappa shape index (κ2) is 7.87. The summed E-state index contributed by atoms with van der Waals surface area (Å²) in [6.07, 6.45) is 3.66. The van der Waals surface area contributed by atoms with Gasteiger partial charge in [-0.3, -0.25) is 0 Å². The summed E-state index contributed by atoms with van der Waals surface area (Å²) in [7, 11) is -1.28. The van der Waals surface area contributed by atoms with Crippen molar-refractivity contribution < 1.29 is 12.9 Å². The van der Waals surface area contributed by atoms with Gasteiger partial charge in [-0.05, 0) is 44.2 Å². The minimum atomic E-state index is -3.11. The molecule has 1 saturated heterocycles. The van der Waals surface area contributed by atoms with Crippen LogP contribution in [0, 0.1) is 5.41 Å². The Bertz CT molecular complexity index is 1000.